The number of hydrogen-bond donors (Lipinski definition) is 0. The molecule has 0 radical (unpaired) electrons. The number of non-ortho nitro benzene ring substituents is 1. The fraction of sp³-hybridized carbons (Fsp3) is 0.286. The van der Waals surface area contributed by atoms with Gasteiger partial charge in [-0.3, -0.25) is 19.5 Å². The molecule has 1 aliphatic heterocycles. The van der Waals surface area contributed by atoms with Crippen LogP contribution in [-0.4, -0.2) is 48.4 Å². The van der Waals surface area contributed by atoms with Crippen LogP contribution in [0, 0.1) is 10.1 Å². The molecule has 0 spiro atoms. The first-order valence-electron chi connectivity index (χ1n) is 12.7. The molecule has 12 nitrogen and oxygen atoms in total. The number of rotatable bonds is 10. The van der Waals surface area contributed by atoms with Gasteiger partial charge in [0.25, 0.3) is 11.2 Å². The average molecular weight is 616 g/mol. The zero-order valence-electron chi connectivity index (χ0n) is 23.0. The van der Waals surface area contributed by atoms with E-state index < -0.39 is 28.5 Å². The predicted octanol–water partition coefficient (Wildman–Crippen LogP) is 3.31. The summed E-state index contributed by atoms with van der Waals surface area (Å²) in [6.45, 7) is 5.10. The fourth-order valence-electron chi connectivity index (χ4n) is 4.28. The Morgan fingerprint density at radius 2 is 1.90 bits per heavy atom. The van der Waals surface area contributed by atoms with Crippen molar-refractivity contribution in [3.8, 4) is 11.5 Å². The van der Waals surface area contributed by atoms with Gasteiger partial charge in [-0.1, -0.05) is 29.0 Å². The Kier molecular flexibility index (Phi) is 9.43. The van der Waals surface area contributed by atoms with Gasteiger partial charge in [0.15, 0.2) is 22.9 Å². The second kappa shape index (κ2) is 13.0. The molecule has 1 aliphatic rings. The standard InChI is InChI=1S/C28H26ClN3O9S/c1-5-39-21-12-16(7-10-20(21)41-14-23(33)38-4)25-24(27(35)40-6-2)15(3)30-28-31(25)26(34)22(42-28)13-17-11-18(32(36)37)8-9-19(17)29/h7-13,25H,5-6,14H2,1-4H3/b22-13-/t25-/m0/s1. The molecule has 0 saturated carbocycles. The number of nitro groups is 1. The van der Waals surface area contributed by atoms with E-state index in [1.165, 1.54) is 36.0 Å². The van der Waals surface area contributed by atoms with Crippen LogP contribution in [0.3, 0.4) is 0 Å². The Hall–Kier alpha value is -4.49. The number of ether oxygens (including phenoxy) is 4. The van der Waals surface area contributed by atoms with Gasteiger partial charge in [-0.2, -0.15) is 0 Å². The predicted molar refractivity (Wildman–Crippen MR) is 154 cm³/mol. The minimum Gasteiger partial charge on any atom is -0.490 e. The average Bonchev–Trinajstić information content (AvgIpc) is 3.26. The molecule has 14 heteroatoms. The summed E-state index contributed by atoms with van der Waals surface area (Å²) in [4.78, 5) is 54.3. The summed E-state index contributed by atoms with van der Waals surface area (Å²) in [5.74, 6) is -0.691. The lowest BCUT2D eigenvalue weighted by atomic mass is 9.95. The van der Waals surface area contributed by atoms with Gasteiger partial charge in [0.2, 0.25) is 0 Å². The Bertz CT molecular complexity index is 1780. The maximum absolute atomic E-state index is 13.9. The number of fused-ring (bicyclic) bond motifs is 1. The third-order valence-corrected chi connectivity index (χ3v) is 7.48. The third-order valence-electron chi connectivity index (χ3n) is 6.15. The topological polar surface area (TPSA) is 149 Å². The number of nitrogens with zero attached hydrogens (tertiary/aromatic N) is 3. The van der Waals surface area contributed by atoms with Crippen molar-refractivity contribution in [3.63, 3.8) is 0 Å². The number of nitro benzene ring substituents is 1. The summed E-state index contributed by atoms with van der Waals surface area (Å²) in [7, 11) is 1.24. The van der Waals surface area contributed by atoms with E-state index >= 15 is 0 Å². The summed E-state index contributed by atoms with van der Waals surface area (Å²) in [6.07, 6.45) is 1.45. The number of aromatic nitrogens is 1. The lowest BCUT2D eigenvalue weighted by molar-refractivity contribution is -0.384. The fourth-order valence-corrected chi connectivity index (χ4v) is 5.49. The van der Waals surface area contributed by atoms with Gasteiger partial charge in [0.05, 0.1) is 47.1 Å². The van der Waals surface area contributed by atoms with Gasteiger partial charge in [0.1, 0.15) is 0 Å². The quantitative estimate of drug-likeness (QED) is 0.190. The molecule has 1 aromatic heterocycles. The van der Waals surface area contributed by atoms with Crippen molar-refractivity contribution < 1.29 is 33.5 Å². The Morgan fingerprint density at radius 1 is 1.14 bits per heavy atom. The summed E-state index contributed by atoms with van der Waals surface area (Å²) >= 11 is 7.33. The number of thiazole rings is 1. The molecule has 2 aromatic carbocycles. The molecule has 2 heterocycles. The van der Waals surface area contributed by atoms with Crippen LogP contribution >= 0.6 is 22.9 Å². The van der Waals surface area contributed by atoms with Crippen LogP contribution in [0.15, 0.2) is 57.5 Å². The highest BCUT2D eigenvalue weighted by atomic mass is 35.5. The van der Waals surface area contributed by atoms with Crippen molar-refractivity contribution >= 4 is 46.6 Å². The Balaban J connectivity index is 1.92. The van der Waals surface area contributed by atoms with Crippen LogP contribution in [0.2, 0.25) is 5.02 Å². The molecule has 0 unspecified atom stereocenters. The first kappa shape index (κ1) is 30.5. The first-order chi connectivity index (χ1) is 20.1. The van der Waals surface area contributed by atoms with Gasteiger partial charge in [-0.25, -0.2) is 14.6 Å². The summed E-state index contributed by atoms with van der Waals surface area (Å²) < 4.78 is 22.8. The van der Waals surface area contributed by atoms with Crippen LogP contribution in [0.4, 0.5) is 5.69 Å². The Labute approximate surface area is 248 Å². The van der Waals surface area contributed by atoms with E-state index in [-0.39, 0.29) is 57.7 Å². The number of esters is 2. The summed E-state index contributed by atoms with van der Waals surface area (Å²) in [6, 6.07) is 7.80. The number of carbonyl (C=O) groups is 2. The largest absolute Gasteiger partial charge is 0.490 e. The van der Waals surface area contributed by atoms with Crippen molar-refractivity contribution in [1.82, 2.24) is 4.57 Å². The first-order valence-corrected chi connectivity index (χ1v) is 13.9. The van der Waals surface area contributed by atoms with Crippen LogP contribution in [0.25, 0.3) is 6.08 Å². The molecule has 3 aromatic rings. The zero-order valence-corrected chi connectivity index (χ0v) is 24.6. The van der Waals surface area contributed by atoms with Crippen molar-refractivity contribution in [2.75, 3.05) is 26.9 Å². The van der Waals surface area contributed by atoms with E-state index in [9.17, 15) is 24.5 Å². The monoisotopic (exact) mass is 615 g/mol. The molecule has 0 amide bonds. The van der Waals surface area contributed by atoms with Crippen molar-refractivity contribution in [1.29, 1.82) is 0 Å². The molecule has 0 N–H and O–H groups in total. The molecule has 0 saturated heterocycles. The SMILES string of the molecule is CCOC(=O)C1=C(C)N=c2s/c(=C\c3cc([N+](=O)[O-])ccc3Cl)c(=O)n2[C@H]1c1ccc(OCC(=O)OC)c(OCC)c1. The highest BCUT2D eigenvalue weighted by Gasteiger charge is 2.34. The molecule has 0 fully saturated rings. The maximum Gasteiger partial charge on any atom is 0.343 e. The van der Waals surface area contributed by atoms with Gasteiger partial charge in [-0.05, 0) is 50.6 Å². The van der Waals surface area contributed by atoms with Gasteiger partial charge in [0, 0.05) is 22.7 Å². The van der Waals surface area contributed by atoms with Gasteiger partial charge in [-0.15, -0.1) is 0 Å². The van der Waals surface area contributed by atoms with Crippen LogP contribution in [0.1, 0.15) is 37.9 Å². The van der Waals surface area contributed by atoms with E-state index in [2.05, 4.69) is 9.73 Å². The zero-order chi connectivity index (χ0) is 30.6. The number of hydrogen-bond acceptors (Lipinski definition) is 11. The van der Waals surface area contributed by atoms with E-state index in [0.29, 0.717) is 16.1 Å². The highest BCUT2D eigenvalue weighted by molar-refractivity contribution is 7.07. The number of carbonyl (C=O) groups excluding carboxylic acids is 2. The maximum atomic E-state index is 13.9. The smallest absolute Gasteiger partial charge is 0.343 e. The second-order valence-electron chi connectivity index (χ2n) is 8.77. The molecule has 0 bridgehead atoms. The number of benzene rings is 2. The van der Waals surface area contributed by atoms with Crippen molar-refractivity contribution in [3.05, 3.63) is 93.6 Å². The number of halogens is 1. The number of allylic oxidation sites excluding steroid dienone is 1. The van der Waals surface area contributed by atoms with Crippen molar-refractivity contribution in [2.45, 2.75) is 26.8 Å². The van der Waals surface area contributed by atoms with Crippen molar-refractivity contribution in [2.24, 2.45) is 4.99 Å². The lowest BCUT2D eigenvalue weighted by Gasteiger charge is -2.25. The molecule has 1 atom stereocenters. The summed E-state index contributed by atoms with van der Waals surface area (Å²) in [5.41, 5.74) is 0.583. The van der Waals surface area contributed by atoms with E-state index in [0.717, 1.165) is 11.3 Å². The molecular weight excluding hydrogens is 590 g/mol. The van der Waals surface area contributed by atoms with E-state index in [4.69, 9.17) is 25.8 Å². The van der Waals surface area contributed by atoms with Gasteiger partial charge < -0.3 is 18.9 Å². The number of methoxy groups -OCH3 is 1. The molecule has 42 heavy (non-hydrogen) atoms. The highest BCUT2D eigenvalue weighted by Crippen LogP contribution is 2.36. The normalized spacial score (nSPS) is 14.6. The second-order valence-corrected chi connectivity index (χ2v) is 10.2. The van der Waals surface area contributed by atoms with Crippen LogP contribution < -0.4 is 24.4 Å². The van der Waals surface area contributed by atoms with Gasteiger partial charge >= 0.3 is 11.9 Å². The molecule has 4 rings (SSSR count). The third kappa shape index (κ3) is 6.21. The summed E-state index contributed by atoms with van der Waals surface area (Å²) in [5, 5.41) is 11.5. The van der Waals surface area contributed by atoms with Crippen LogP contribution in [0.5, 0.6) is 11.5 Å². The molecule has 0 aliphatic carbocycles. The minimum atomic E-state index is -0.961. The molecular formula is C28H26ClN3O9S. The van der Waals surface area contributed by atoms with E-state index in [1.807, 2.05) is 0 Å². The van der Waals surface area contributed by atoms with Crippen LogP contribution in [-0.2, 0) is 19.1 Å². The molecule has 220 valence electrons. The van der Waals surface area contributed by atoms with E-state index in [1.54, 1.807) is 39.0 Å². The lowest BCUT2D eigenvalue weighted by Crippen LogP contribution is -2.40. The minimum absolute atomic E-state index is 0.0997. The Morgan fingerprint density at radius 3 is 2.57 bits per heavy atom.